The molecule has 0 saturated carbocycles. The third-order valence-electron chi connectivity index (χ3n) is 2.92. The largest absolute Gasteiger partial charge is 0.360 e. The standard InChI is InChI=1S/C11H18N8/c1-4-8-9(13-5-14-10(8)17-12)16-7(2)11-18-15-6-19(11)3/h5-7H,4,12H2,1-3H3,(H2,13,14,16,17). The zero-order chi connectivity index (χ0) is 13.8. The maximum atomic E-state index is 5.45. The second-order valence-electron chi connectivity index (χ2n) is 4.21. The van der Waals surface area contributed by atoms with E-state index in [0.717, 1.165) is 23.6 Å². The summed E-state index contributed by atoms with van der Waals surface area (Å²) in [7, 11) is 1.90. The van der Waals surface area contributed by atoms with Gasteiger partial charge in [0.05, 0.1) is 6.04 Å². The first-order valence-corrected chi connectivity index (χ1v) is 6.08. The fraction of sp³-hybridized carbons (Fsp3) is 0.455. The minimum atomic E-state index is -0.0154. The summed E-state index contributed by atoms with van der Waals surface area (Å²) in [5.74, 6) is 7.67. The molecule has 0 aliphatic heterocycles. The molecule has 2 aromatic heterocycles. The van der Waals surface area contributed by atoms with Crippen molar-refractivity contribution in [3.63, 3.8) is 0 Å². The summed E-state index contributed by atoms with van der Waals surface area (Å²) < 4.78 is 1.87. The van der Waals surface area contributed by atoms with Crippen LogP contribution in [0.2, 0.25) is 0 Å². The van der Waals surface area contributed by atoms with Crippen LogP contribution >= 0.6 is 0 Å². The Morgan fingerprint density at radius 1 is 1.37 bits per heavy atom. The average molecular weight is 262 g/mol. The average Bonchev–Trinajstić information content (AvgIpc) is 2.84. The number of hydrazine groups is 1. The molecule has 4 N–H and O–H groups in total. The van der Waals surface area contributed by atoms with Gasteiger partial charge in [-0.2, -0.15) is 0 Å². The molecule has 2 rings (SSSR count). The van der Waals surface area contributed by atoms with E-state index in [2.05, 4.69) is 30.9 Å². The van der Waals surface area contributed by atoms with Crippen LogP contribution in [0.15, 0.2) is 12.7 Å². The van der Waals surface area contributed by atoms with Crippen LogP contribution < -0.4 is 16.6 Å². The molecule has 8 heteroatoms. The van der Waals surface area contributed by atoms with Gasteiger partial charge in [0.1, 0.15) is 24.3 Å². The van der Waals surface area contributed by atoms with Crippen molar-refractivity contribution in [3.05, 3.63) is 24.0 Å². The van der Waals surface area contributed by atoms with E-state index in [1.54, 1.807) is 6.33 Å². The lowest BCUT2D eigenvalue weighted by Crippen LogP contribution is -2.17. The van der Waals surface area contributed by atoms with Crippen LogP contribution in [0.25, 0.3) is 0 Å². The van der Waals surface area contributed by atoms with E-state index in [-0.39, 0.29) is 6.04 Å². The van der Waals surface area contributed by atoms with E-state index in [9.17, 15) is 0 Å². The van der Waals surface area contributed by atoms with Crippen molar-refractivity contribution in [2.24, 2.45) is 12.9 Å². The number of aryl methyl sites for hydroxylation is 1. The van der Waals surface area contributed by atoms with Crippen molar-refractivity contribution >= 4 is 11.6 Å². The van der Waals surface area contributed by atoms with Gasteiger partial charge in [-0.25, -0.2) is 15.8 Å². The van der Waals surface area contributed by atoms with Gasteiger partial charge in [-0.15, -0.1) is 10.2 Å². The van der Waals surface area contributed by atoms with Crippen LogP contribution in [0.4, 0.5) is 11.6 Å². The summed E-state index contributed by atoms with van der Waals surface area (Å²) in [6.45, 7) is 4.03. The number of hydrogen-bond acceptors (Lipinski definition) is 7. The van der Waals surface area contributed by atoms with Crippen molar-refractivity contribution < 1.29 is 0 Å². The number of hydrogen-bond donors (Lipinski definition) is 3. The number of anilines is 2. The summed E-state index contributed by atoms with van der Waals surface area (Å²) in [6, 6.07) is -0.0154. The first-order valence-electron chi connectivity index (χ1n) is 6.08. The minimum absolute atomic E-state index is 0.0154. The molecular formula is C11H18N8. The molecule has 0 saturated heterocycles. The van der Waals surface area contributed by atoms with E-state index in [1.807, 2.05) is 25.5 Å². The summed E-state index contributed by atoms with van der Waals surface area (Å²) in [4.78, 5) is 8.36. The van der Waals surface area contributed by atoms with E-state index in [0.29, 0.717) is 5.82 Å². The molecule has 0 amide bonds. The first-order chi connectivity index (χ1) is 9.17. The van der Waals surface area contributed by atoms with Gasteiger partial charge >= 0.3 is 0 Å². The Kier molecular flexibility index (Phi) is 3.91. The van der Waals surface area contributed by atoms with E-state index in [1.165, 1.54) is 6.33 Å². The molecule has 8 nitrogen and oxygen atoms in total. The molecule has 0 bridgehead atoms. The zero-order valence-corrected chi connectivity index (χ0v) is 11.3. The fourth-order valence-corrected chi connectivity index (χ4v) is 1.95. The van der Waals surface area contributed by atoms with Gasteiger partial charge in [0, 0.05) is 12.6 Å². The molecule has 1 atom stereocenters. The summed E-state index contributed by atoms with van der Waals surface area (Å²) >= 11 is 0. The Morgan fingerprint density at radius 3 is 2.68 bits per heavy atom. The van der Waals surface area contributed by atoms with Gasteiger partial charge in [0.2, 0.25) is 0 Å². The van der Waals surface area contributed by atoms with Crippen molar-refractivity contribution in [1.82, 2.24) is 24.7 Å². The highest BCUT2D eigenvalue weighted by Gasteiger charge is 2.15. The van der Waals surface area contributed by atoms with Crippen molar-refractivity contribution in [2.75, 3.05) is 10.7 Å². The Bertz CT molecular complexity index is 549. The molecular weight excluding hydrogens is 244 g/mol. The lowest BCUT2D eigenvalue weighted by atomic mass is 10.2. The molecule has 0 radical (unpaired) electrons. The molecule has 0 aliphatic carbocycles. The number of nitrogens with one attached hydrogen (secondary N) is 2. The Hall–Kier alpha value is -2.22. The molecule has 0 spiro atoms. The Balaban J connectivity index is 2.26. The van der Waals surface area contributed by atoms with Crippen LogP contribution in [-0.4, -0.2) is 24.7 Å². The molecule has 2 heterocycles. The number of rotatable bonds is 5. The molecule has 1 unspecified atom stereocenters. The quantitative estimate of drug-likeness (QED) is 0.535. The third-order valence-corrected chi connectivity index (χ3v) is 2.92. The second-order valence-corrected chi connectivity index (χ2v) is 4.21. The summed E-state index contributed by atoms with van der Waals surface area (Å²) in [5, 5.41) is 11.3. The van der Waals surface area contributed by atoms with Gasteiger partial charge in [0.25, 0.3) is 0 Å². The monoisotopic (exact) mass is 262 g/mol. The van der Waals surface area contributed by atoms with Gasteiger partial charge in [0.15, 0.2) is 5.82 Å². The van der Waals surface area contributed by atoms with Crippen molar-refractivity contribution in [2.45, 2.75) is 26.3 Å². The summed E-state index contributed by atoms with van der Waals surface area (Å²) in [5.41, 5.74) is 3.53. The van der Waals surface area contributed by atoms with Crippen molar-refractivity contribution in [1.29, 1.82) is 0 Å². The van der Waals surface area contributed by atoms with Gasteiger partial charge in [-0.1, -0.05) is 6.92 Å². The van der Waals surface area contributed by atoms with Crippen LogP contribution in [0, 0.1) is 0 Å². The first kappa shape index (κ1) is 13.2. The van der Waals surface area contributed by atoms with E-state index >= 15 is 0 Å². The highest BCUT2D eigenvalue weighted by Crippen LogP contribution is 2.23. The lowest BCUT2D eigenvalue weighted by Gasteiger charge is -2.17. The molecule has 19 heavy (non-hydrogen) atoms. The Morgan fingerprint density at radius 2 is 2.11 bits per heavy atom. The third kappa shape index (κ3) is 2.63. The molecule has 102 valence electrons. The van der Waals surface area contributed by atoms with E-state index in [4.69, 9.17) is 5.84 Å². The highest BCUT2D eigenvalue weighted by molar-refractivity contribution is 5.57. The molecule has 2 aromatic rings. The second kappa shape index (κ2) is 5.61. The predicted octanol–water partition coefficient (Wildman–Crippen LogP) is 0.626. The predicted molar refractivity (Wildman–Crippen MR) is 72.3 cm³/mol. The number of aromatic nitrogens is 5. The fourth-order valence-electron chi connectivity index (χ4n) is 1.95. The number of nitrogens with zero attached hydrogens (tertiary/aromatic N) is 5. The molecule has 0 aliphatic rings. The Labute approximate surface area is 111 Å². The van der Waals surface area contributed by atoms with Crippen LogP contribution in [0.1, 0.15) is 31.3 Å². The highest BCUT2D eigenvalue weighted by atomic mass is 15.3. The smallest absolute Gasteiger partial charge is 0.154 e. The van der Waals surface area contributed by atoms with Gasteiger partial charge in [-0.3, -0.25) is 0 Å². The maximum absolute atomic E-state index is 5.45. The topological polar surface area (TPSA) is 107 Å². The van der Waals surface area contributed by atoms with Crippen LogP contribution in [0.5, 0.6) is 0 Å². The van der Waals surface area contributed by atoms with Crippen molar-refractivity contribution in [3.8, 4) is 0 Å². The maximum Gasteiger partial charge on any atom is 0.154 e. The lowest BCUT2D eigenvalue weighted by molar-refractivity contribution is 0.714. The van der Waals surface area contributed by atoms with Crippen LogP contribution in [-0.2, 0) is 13.5 Å². The summed E-state index contributed by atoms with van der Waals surface area (Å²) in [6.07, 6.45) is 3.91. The number of nitrogen functional groups attached to an aromatic ring is 1. The van der Waals surface area contributed by atoms with Gasteiger partial charge < -0.3 is 15.3 Å². The van der Waals surface area contributed by atoms with E-state index < -0.39 is 0 Å². The number of nitrogens with two attached hydrogens (primary N) is 1. The molecule has 0 fully saturated rings. The zero-order valence-electron chi connectivity index (χ0n) is 11.3. The normalized spacial score (nSPS) is 12.2. The van der Waals surface area contributed by atoms with Gasteiger partial charge in [-0.05, 0) is 13.3 Å². The SMILES string of the molecule is CCc1c(NN)ncnc1NC(C)c1nncn1C. The van der Waals surface area contributed by atoms with Crippen LogP contribution in [0.3, 0.4) is 0 Å². The molecule has 0 aromatic carbocycles. The minimum Gasteiger partial charge on any atom is -0.360 e.